The summed E-state index contributed by atoms with van der Waals surface area (Å²) in [7, 11) is 0. The number of amidine groups is 1. The van der Waals surface area contributed by atoms with Crippen LogP contribution >= 0.6 is 23.7 Å². The lowest BCUT2D eigenvalue weighted by molar-refractivity contribution is -0.150. The van der Waals surface area contributed by atoms with Crippen molar-refractivity contribution in [2.24, 2.45) is 15.9 Å². The van der Waals surface area contributed by atoms with Crippen LogP contribution in [0.4, 0.5) is 0 Å². The zero-order valence-electron chi connectivity index (χ0n) is 18.7. The van der Waals surface area contributed by atoms with Crippen molar-refractivity contribution < 1.29 is 24.3 Å². The van der Waals surface area contributed by atoms with E-state index >= 15 is 0 Å². The minimum Gasteiger partial charge on any atom is -0.477 e. The first-order chi connectivity index (χ1) is 17.3. The number of fused-ring (bicyclic) bond motifs is 1. The van der Waals surface area contributed by atoms with Gasteiger partial charge in [-0.05, 0) is 36.2 Å². The number of aliphatic carboxylic acids is 1. The zero-order chi connectivity index (χ0) is 25.6. The van der Waals surface area contributed by atoms with Crippen molar-refractivity contribution in [1.29, 1.82) is 0 Å². The van der Waals surface area contributed by atoms with Crippen molar-refractivity contribution in [2.45, 2.75) is 30.3 Å². The highest BCUT2D eigenvalue weighted by Gasteiger charge is 2.54. The number of β-lactam (4-membered cyclic amide) rings is 1. The Morgan fingerprint density at radius 2 is 2.14 bits per heavy atom. The molecular weight excluding hydrogens is 512 g/mol. The molecular formula is C20H22N8O6S2. The number of likely N-dealkylation sites (tertiary alicyclic amines) is 1. The van der Waals surface area contributed by atoms with Crippen LogP contribution in [-0.2, 0) is 19.2 Å². The van der Waals surface area contributed by atoms with Gasteiger partial charge in [0.1, 0.15) is 17.1 Å². The highest BCUT2D eigenvalue weighted by molar-refractivity contribution is 8.12. The van der Waals surface area contributed by atoms with Crippen molar-refractivity contribution in [1.82, 2.24) is 25.2 Å². The average Bonchev–Trinajstić information content (AvgIpc) is 3.60. The summed E-state index contributed by atoms with van der Waals surface area (Å²) in [5.74, 6) is -2.90. The fourth-order valence-corrected chi connectivity index (χ4v) is 6.53. The number of rotatable bonds is 6. The van der Waals surface area contributed by atoms with Crippen molar-refractivity contribution in [3.63, 3.8) is 0 Å². The van der Waals surface area contributed by atoms with Crippen molar-refractivity contribution in [3.05, 3.63) is 39.3 Å². The second-order valence-corrected chi connectivity index (χ2v) is 10.5. The fourth-order valence-electron chi connectivity index (χ4n) is 4.75. The Kier molecular flexibility index (Phi) is 6.48. The van der Waals surface area contributed by atoms with Gasteiger partial charge in [0.05, 0.1) is 0 Å². The Morgan fingerprint density at radius 3 is 2.78 bits per heavy atom. The van der Waals surface area contributed by atoms with E-state index in [-0.39, 0.29) is 34.4 Å². The van der Waals surface area contributed by atoms with Gasteiger partial charge < -0.3 is 31.1 Å². The van der Waals surface area contributed by atoms with E-state index in [9.17, 15) is 29.2 Å². The molecule has 190 valence electrons. The van der Waals surface area contributed by atoms with Crippen LogP contribution in [0.2, 0.25) is 0 Å². The number of thioether (sulfide) groups is 1. The number of carboxylic acid groups (broad SMARTS) is 1. The summed E-state index contributed by atoms with van der Waals surface area (Å²) in [4.78, 5) is 68.5. The zero-order valence-corrected chi connectivity index (χ0v) is 20.4. The molecule has 0 aromatic heterocycles. The first kappa shape index (κ1) is 24.3. The topological polar surface area (TPSA) is 199 Å². The maximum absolute atomic E-state index is 12.9. The summed E-state index contributed by atoms with van der Waals surface area (Å²) in [5.41, 5.74) is 5.61. The van der Waals surface area contributed by atoms with Gasteiger partial charge in [-0.2, -0.15) is 0 Å². The highest BCUT2D eigenvalue weighted by Crippen LogP contribution is 2.41. The normalized spacial score (nSPS) is 30.2. The van der Waals surface area contributed by atoms with Gasteiger partial charge in [0.15, 0.2) is 11.0 Å². The second-order valence-electron chi connectivity index (χ2n) is 8.55. The Morgan fingerprint density at radius 1 is 1.33 bits per heavy atom. The lowest BCUT2D eigenvalue weighted by atomic mass is 10.0. The SMILES string of the molecule is NC1=N/C(=C(/N=O)C(=O)N[C@@H]2C(=O)N3C(C(=O)O)=C(/C=C4\CCN([C@@H]5CCNC5)C4=O)CS[C@H]23)NS1. The highest BCUT2D eigenvalue weighted by atomic mass is 32.2. The van der Waals surface area contributed by atoms with Crippen molar-refractivity contribution in [3.8, 4) is 0 Å². The molecule has 36 heavy (non-hydrogen) atoms. The number of amides is 3. The molecule has 0 radical (unpaired) electrons. The maximum atomic E-state index is 12.9. The van der Waals surface area contributed by atoms with E-state index in [1.165, 1.54) is 11.8 Å². The van der Waals surface area contributed by atoms with Gasteiger partial charge in [-0.15, -0.1) is 16.7 Å². The molecule has 3 amide bonds. The number of allylic oxidation sites excluding steroid dienone is 1. The van der Waals surface area contributed by atoms with Crippen LogP contribution < -0.4 is 21.1 Å². The van der Waals surface area contributed by atoms with Gasteiger partial charge in [-0.1, -0.05) is 0 Å². The Balaban J connectivity index is 1.34. The number of nitrogens with two attached hydrogens (primary N) is 1. The fraction of sp³-hybridized carbons (Fsp3) is 0.450. The quantitative estimate of drug-likeness (QED) is 0.118. The molecule has 5 aliphatic heterocycles. The Hall–Kier alpha value is -3.37. The number of carbonyl (C=O) groups excluding carboxylic acids is 3. The van der Waals surface area contributed by atoms with E-state index in [1.807, 2.05) is 4.90 Å². The number of nitrogens with one attached hydrogen (secondary N) is 3. The van der Waals surface area contributed by atoms with Crippen LogP contribution in [-0.4, -0.2) is 86.6 Å². The molecule has 16 heteroatoms. The molecule has 3 saturated heterocycles. The summed E-state index contributed by atoms with van der Waals surface area (Å²) < 4.78 is 2.59. The van der Waals surface area contributed by atoms with Crippen LogP contribution in [0.3, 0.4) is 0 Å². The summed E-state index contributed by atoms with van der Waals surface area (Å²) in [6.07, 6.45) is 2.96. The molecule has 5 aliphatic rings. The largest absolute Gasteiger partial charge is 0.477 e. The smallest absolute Gasteiger partial charge is 0.352 e. The van der Waals surface area contributed by atoms with Crippen LogP contribution in [0, 0.1) is 4.91 Å². The van der Waals surface area contributed by atoms with Crippen LogP contribution in [0.5, 0.6) is 0 Å². The van der Waals surface area contributed by atoms with Crippen molar-refractivity contribution in [2.75, 3.05) is 25.4 Å². The maximum Gasteiger partial charge on any atom is 0.352 e. The second kappa shape index (κ2) is 9.59. The van der Waals surface area contributed by atoms with E-state index in [0.29, 0.717) is 24.1 Å². The summed E-state index contributed by atoms with van der Waals surface area (Å²) in [6.45, 7) is 2.17. The van der Waals surface area contributed by atoms with Gasteiger partial charge in [-0.25, -0.2) is 9.79 Å². The first-order valence-corrected chi connectivity index (χ1v) is 13.0. The number of carboxylic acids is 1. The predicted molar refractivity (Wildman–Crippen MR) is 131 cm³/mol. The molecule has 3 atom stereocenters. The minimum absolute atomic E-state index is 0.0920. The molecule has 0 saturated carbocycles. The number of nitrogens with zero attached hydrogens (tertiary/aromatic N) is 4. The number of aliphatic imine (C=N–C) groups is 1. The predicted octanol–water partition coefficient (Wildman–Crippen LogP) is -1.25. The van der Waals surface area contributed by atoms with E-state index < -0.39 is 34.9 Å². The Bertz CT molecular complexity index is 1190. The first-order valence-electron chi connectivity index (χ1n) is 11.1. The molecule has 0 unspecified atom stereocenters. The lowest BCUT2D eigenvalue weighted by Gasteiger charge is -2.49. The number of nitroso groups, excluding NO2 is 1. The van der Waals surface area contributed by atoms with E-state index in [2.05, 4.69) is 25.5 Å². The van der Waals surface area contributed by atoms with Gasteiger partial charge in [0, 0.05) is 42.4 Å². The summed E-state index contributed by atoms with van der Waals surface area (Å²) >= 11 is 2.16. The summed E-state index contributed by atoms with van der Waals surface area (Å²) in [6, 6.07) is -0.930. The third-order valence-electron chi connectivity index (χ3n) is 6.47. The van der Waals surface area contributed by atoms with Gasteiger partial charge in [0.2, 0.25) is 11.6 Å². The molecule has 0 aromatic rings. The average molecular weight is 535 g/mol. The van der Waals surface area contributed by atoms with E-state index in [0.717, 1.165) is 36.4 Å². The molecule has 0 aliphatic carbocycles. The van der Waals surface area contributed by atoms with Gasteiger partial charge in [0.25, 0.3) is 11.8 Å². The monoisotopic (exact) mass is 534 g/mol. The number of carbonyl (C=O) groups is 4. The standard InChI is InChI=1S/C20H22N8O6S2/c21-20-24-14(26-36-20)11(25-34)15(29)23-12-17(31)28-13(19(32)33)9(7-35-18(12)28)5-8-2-4-27(16(8)30)10-1-3-22-6-10/h5,10,12,18,22,26H,1-4,6-7H2,(H2,21,24)(H,23,29)(H,32,33)/b8-5+,14-11-/t10-,12-,18-/m1/s1. The minimum atomic E-state index is -1.30. The number of hydrogen-bond acceptors (Lipinski definition) is 12. The van der Waals surface area contributed by atoms with Crippen LogP contribution in [0.1, 0.15) is 12.8 Å². The third-order valence-corrected chi connectivity index (χ3v) is 8.37. The van der Waals surface area contributed by atoms with Crippen molar-refractivity contribution >= 4 is 52.6 Å². The molecule has 5 heterocycles. The van der Waals surface area contributed by atoms with E-state index in [1.54, 1.807) is 6.08 Å². The summed E-state index contributed by atoms with van der Waals surface area (Å²) in [5, 5.41) is 17.7. The van der Waals surface area contributed by atoms with Crippen LogP contribution in [0.25, 0.3) is 0 Å². The van der Waals surface area contributed by atoms with Gasteiger partial charge >= 0.3 is 5.97 Å². The molecule has 14 nitrogen and oxygen atoms in total. The van der Waals surface area contributed by atoms with Gasteiger partial charge in [-0.3, -0.25) is 19.3 Å². The molecule has 6 N–H and O–H groups in total. The molecule has 5 rings (SSSR count). The van der Waals surface area contributed by atoms with E-state index in [4.69, 9.17) is 5.73 Å². The molecule has 3 fully saturated rings. The molecule has 0 bridgehead atoms. The molecule has 0 aromatic carbocycles. The number of hydrogen-bond donors (Lipinski definition) is 5. The van der Waals surface area contributed by atoms with Crippen LogP contribution in [0.15, 0.2) is 44.6 Å². The lowest BCUT2D eigenvalue weighted by Crippen LogP contribution is -2.70. The Labute approximate surface area is 212 Å². The molecule has 0 spiro atoms. The third kappa shape index (κ3) is 4.14.